The summed E-state index contributed by atoms with van der Waals surface area (Å²) in [5.41, 5.74) is -2.39. The SMILES string of the molecule is CC(C)(COc1ccccc1C(F)(F)F)[N+](=O)[O-]. The quantitative estimate of drug-likeness (QED) is 0.619. The molecular weight excluding hydrogens is 251 g/mol. The number of para-hydroxylation sites is 1. The molecule has 1 aromatic rings. The Morgan fingerprint density at radius 1 is 1.28 bits per heavy atom. The fourth-order valence-corrected chi connectivity index (χ4v) is 1.13. The molecule has 0 radical (unpaired) electrons. The lowest BCUT2D eigenvalue weighted by atomic mass is 10.1. The molecule has 0 aromatic heterocycles. The van der Waals surface area contributed by atoms with Gasteiger partial charge in [0.15, 0.2) is 6.61 Å². The van der Waals surface area contributed by atoms with Crippen LogP contribution in [-0.4, -0.2) is 17.1 Å². The zero-order valence-corrected chi connectivity index (χ0v) is 9.82. The van der Waals surface area contributed by atoms with Crippen molar-refractivity contribution in [2.75, 3.05) is 6.61 Å². The maximum Gasteiger partial charge on any atom is 0.419 e. The van der Waals surface area contributed by atoms with Gasteiger partial charge < -0.3 is 4.74 Å². The zero-order valence-electron chi connectivity index (χ0n) is 9.82. The fourth-order valence-electron chi connectivity index (χ4n) is 1.13. The van der Waals surface area contributed by atoms with Gasteiger partial charge in [0.2, 0.25) is 5.54 Å². The summed E-state index contributed by atoms with van der Waals surface area (Å²) < 4.78 is 42.8. The molecule has 1 aromatic carbocycles. The third-order valence-corrected chi connectivity index (χ3v) is 2.27. The van der Waals surface area contributed by atoms with Crippen LogP contribution in [0.1, 0.15) is 19.4 Å². The van der Waals surface area contributed by atoms with Crippen molar-refractivity contribution in [2.45, 2.75) is 25.6 Å². The minimum absolute atomic E-state index is 0.403. The van der Waals surface area contributed by atoms with Crippen molar-refractivity contribution in [2.24, 2.45) is 0 Å². The van der Waals surface area contributed by atoms with Gasteiger partial charge in [-0.2, -0.15) is 13.2 Å². The van der Waals surface area contributed by atoms with Crippen LogP contribution < -0.4 is 4.74 Å². The van der Waals surface area contributed by atoms with E-state index in [2.05, 4.69) is 0 Å². The van der Waals surface area contributed by atoms with Crippen molar-refractivity contribution in [3.05, 3.63) is 39.9 Å². The summed E-state index contributed by atoms with van der Waals surface area (Å²) in [7, 11) is 0. The summed E-state index contributed by atoms with van der Waals surface area (Å²) in [6, 6.07) is 4.62. The van der Waals surface area contributed by atoms with E-state index in [1.165, 1.54) is 26.0 Å². The molecule has 7 heteroatoms. The molecule has 4 nitrogen and oxygen atoms in total. The summed E-state index contributed by atoms with van der Waals surface area (Å²) >= 11 is 0. The van der Waals surface area contributed by atoms with E-state index in [4.69, 9.17) is 4.74 Å². The summed E-state index contributed by atoms with van der Waals surface area (Å²) in [4.78, 5) is 10.0. The van der Waals surface area contributed by atoms with Crippen LogP contribution in [0.25, 0.3) is 0 Å². The number of nitrogens with zero attached hydrogens (tertiary/aromatic N) is 1. The van der Waals surface area contributed by atoms with Gasteiger partial charge in [-0.15, -0.1) is 0 Å². The second-order valence-corrected chi connectivity index (χ2v) is 4.35. The fraction of sp³-hybridized carbons (Fsp3) is 0.455. The van der Waals surface area contributed by atoms with E-state index in [1.807, 2.05) is 0 Å². The third-order valence-electron chi connectivity index (χ3n) is 2.27. The van der Waals surface area contributed by atoms with E-state index in [9.17, 15) is 23.3 Å². The number of nitro groups is 1. The van der Waals surface area contributed by atoms with E-state index in [1.54, 1.807) is 0 Å². The second kappa shape index (κ2) is 4.83. The molecule has 1 rings (SSSR count). The molecule has 0 spiro atoms. The van der Waals surface area contributed by atoms with Crippen LogP contribution in [0, 0.1) is 10.1 Å². The molecule has 0 heterocycles. The lowest BCUT2D eigenvalue weighted by molar-refractivity contribution is -0.562. The average Bonchev–Trinajstić information content (AvgIpc) is 2.25. The number of alkyl halides is 3. The van der Waals surface area contributed by atoms with Gasteiger partial charge in [-0.05, 0) is 12.1 Å². The average molecular weight is 263 g/mol. The van der Waals surface area contributed by atoms with E-state index >= 15 is 0 Å². The lowest BCUT2D eigenvalue weighted by Gasteiger charge is -2.18. The standard InChI is InChI=1S/C11H12F3NO3/c1-10(2,15(16)17)7-18-9-6-4-3-5-8(9)11(12,13)14/h3-6H,7H2,1-2H3. The highest BCUT2D eigenvalue weighted by Crippen LogP contribution is 2.36. The molecule has 0 aliphatic carbocycles. The van der Waals surface area contributed by atoms with Gasteiger partial charge in [0.05, 0.1) is 5.56 Å². The van der Waals surface area contributed by atoms with Crippen LogP contribution in [0.3, 0.4) is 0 Å². The largest absolute Gasteiger partial charge is 0.485 e. The molecule has 18 heavy (non-hydrogen) atoms. The second-order valence-electron chi connectivity index (χ2n) is 4.35. The van der Waals surface area contributed by atoms with Crippen LogP contribution in [-0.2, 0) is 6.18 Å². The van der Waals surface area contributed by atoms with Crippen molar-refractivity contribution in [3.63, 3.8) is 0 Å². The van der Waals surface area contributed by atoms with Crippen LogP contribution in [0.5, 0.6) is 5.75 Å². The maximum absolute atomic E-state index is 12.6. The minimum Gasteiger partial charge on any atom is -0.485 e. The van der Waals surface area contributed by atoms with Gasteiger partial charge in [-0.25, -0.2) is 0 Å². The molecule has 0 saturated carbocycles. The Morgan fingerprint density at radius 3 is 2.33 bits per heavy atom. The van der Waals surface area contributed by atoms with Crippen LogP contribution >= 0.6 is 0 Å². The molecule has 0 saturated heterocycles. The van der Waals surface area contributed by atoms with Crippen molar-refractivity contribution in [1.82, 2.24) is 0 Å². The molecule has 0 bridgehead atoms. The topological polar surface area (TPSA) is 52.4 Å². The van der Waals surface area contributed by atoms with Crippen molar-refractivity contribution in [1.29, 1.82) is 0 Å². The molecule has 0 unspecified atom stereocenters. The number of halogens is 3. The molecular formula is C11H12F3NO3. The van der Waals surface area contributed by atoms with Gasteiger partial charge in [0.1, 0.15) is 5.75 Å². The van der Waals surface area contributed by atoms with Crippen molar-refractivity contribution >= 4 is 0 Å². The van der Waals surface area contributed by atoms with Crippen LogP contribution in [0.4, 0.5) is 13.2 Å². The monoisotopic (exact) mass is 263 g/mol. The van der Waals surface area contributed by atoms with Gasteiger partial charge in [-0.1, -0.05) is 12.1 Å². The predicted octanol–water partition coefficient (Wildman–Crippen LogP) is 3.14. The van der Waals surface area contributed by atoms with Crippen molar-refractivity contribution < 1.29 is 22.8 Å². The molecule has 100 valence electrons. The number of benzene rings is 1. The lowest BCUT2D eigenvalue weighted by Crippen LogP contribution is -2.37. The maximum atomic E-state index is 12.6. The number of hydrogen-bond donors (Lipinski definition) is 0. The highest BCUT2D eigenvalue weighted by molar-refractivity contribution is 5.35. The summed E-state index contributed by atoms with van der Waals surface area (Å²) in [6.45, 7) is 2.12. The molecule has 0 atom stereocenters. The third kappa shape index (κ3) is 3.35. The molecule has 0 aliphatic rings. The van der Waals surface area contributed by atoms with Gasteiger partial charge in [0, 0.05) is 18.8 Å². The van der Waals surface area contributed by atoms with Gasteiger partial charge in [-0.3, -0.25) is 10.1 Å². The highest BCUT2D eigenvalue weighted by atomic mass is 19.4. The van der Waals surface area contributed by atoms with Crippen LogP contribution in [0.2, 0.25) is 0 Å². The first-order valence-electron chi connectivity index (χ1n) is 5.08. The van der Waals surface area contributed by atoms with Crippen LogP contribution in [0.15, 0.2) is 24.3 Å². The highest BCUT2D eigenvalue weighted by Gasteiger charge is 2.36. The summed E-state index contributed by atoms with van der Waals surface area (Å²) in [5.74, 6) is -0.403. The van der Waals surface area contributed by atoms with Gasteiger partial charge in [0.25, 0.3) is 0 Å². The summed E-state index contributed by atoms with van der Waals surface area (Å²) in [6.07, 6.45) is -4.55. The Hall–Kier alpha value is -1.79. The first-order chi connectivity index (χ1) is 8.14. The predicted molar refractivity (Wildman–Crippen MR) is 58.0 cm³/mol. The molecule has 0 N–H and O–H groups in total. The Kier molecular flexibility index (Phi) is 3.83. The number of hydrogen-bond acceptors (Lipinski definition) is 3. The number of ether oxygens (including phenoxy) is 1. The Balaban J connectivity index is 2.90. The Morgan fingerprint density at radius 2 is 1.83 bits per heavy atom. The summed E-state index contributed by atoms with van der Waals surface area (Å²) in [5, 5.41) is 10.6. The smallest absolute Gasteiger partial charge is 0.419 e. The van der Waals surface area contributed by atoms with E-state index in [0.717, 1.165) is 12.1 Å². The zero-order chi connectivity index (χ0) is 14.0. The van der Waals surface area contributed by atoms with E-state index < -0.39 is 34.6 Å². The minimum atomic E-state index is -4.55. The molecule has 0 amide bonds. The first-order valence-corrected chi connectivity index (χ1v) is 5.08. The Bertz CT molecular complexity index is 443. The van der Waals surface area contributed by atoms with E-state index in [0.29, 0.717) is 0 Å². The number of rotatable bonds is 4. The first kappa shape index (κ1) is 14.3. The normalized spacial score (nSPS) is 12.3. The van der Waals surface area contributed by atoms with E-state index in [-0.39, 0.29) is 0 Å². The molecule has 0 fully saturated rings. The Labute approximate surface area is 102 Å². The molecule has 0 aliphatic heterocycles. The van der Waals surface area contributed by atoms with Crippen molar-refractivity contribution in [3.8, 4) is 5.75 Å². The van der Waals surface area contributed by atoms with Gasteiger partial charge >= 0.3 is 6.18 Å².